The van der Waals surface area contributed by atoms with E-state index in [0.717, 1.165) is 25.7 Å². The number of benzene rings is 1. The Kier molecular flexibility index (Phi) is 5.72. The van der Waals surface area contributed by atoms with E-state index in [1.165, 1.54) is 35.7 Å². The lowest BCUT2D eigenvalue weighted by Gasteiger charge is -2.28. The Labute approximate surface area is 179 Å². The number of carbonyl (C=O) groups is 1. The predicted molar refractivity (Wildman–Crippen MR) is 114 cm³/mol. The van der Waals surface area contributed by atoms with Gasteiger partial charge in [-0.1, -0.05) is 42.6 Å². The standard InChI is InChI=1S/C19H21ClN4O3S2/c1-24-15-8-7-12(20)9-14(15)18-16(29(24,26)27)10-21-19(23-18)28-11-17(25)22-13-5-3-2-4-6-13/h7-10,13H,2-6,11H2,1H3,(H,22,25). The second kappa shape index (κ2) is 8.12. The zero-order valence-corrected chi connectivity index (χ0v) is 18.3. The number of thioether (sulfide) groups is 1. The van der Waals surface area contributed by atoms with E-state index in [1.807, 2.05) is 0 Å². The molecule has 2 heterocycles. The van der Waals surface area contributed by atoms with E-state index in [0.29, 0.717) is 27.1 Å². The molecule has 2 aliphatic rings. The topological polar surface area (TPSA) is 92.3 Å². The van der Waals surface area contributed by atoms with Crippen molar-refractivity contribution in [3.05, 3.63) is 29.4 Å². The Balaban J connectivity index is 1.56. The lowest BCUT2D eigenvalue weighted by atomic mass is 9.95. The molecular formula is C19H21ClN4O3S2. The van der Waals surface area contributed by atoms with Crippen molar-refractivity contribution < 1.29 is 13.2 Å². The van der Waals surface area contributed by atoms with E-state index in [2.05, 4.69) is 15.3 Å². The van der Waals surface area contributed by atoms with Gasteiger partial charge in [0.2, 0.25) is 5.91 Å². The third-order valence-electron chi connectivity index (χ3n) is 5.23. The van der Waals surface area contributed by atoms with Crippen molar-refractivity contribution in [2.75, 3.05) is 17.1 Å². The van der Waals surface area contributed by atoms with Crippen molar-refractivity contribution >= 4 is 45.0 Å². The number of carbonyl (C=O) groups excluding carboxylic acids is 1. The third-order valence-corrected chi connectivity index (χ3v) is 8.10. The molecule has 0 unspecified atom stereocenters. The highest BCUT2D eigenvalue weighted by atomic mass is 35.5. The molecule has 1 aliphatic carbocycles. The van der Waals surface area contributed by atoms with E-state index >= 15 is 0 Å². The highest BCUT2D eigenvalue weighted by Crippen LogP contribution is 2.42. The van der Waals surface area contributed by atoms with Gasteiger partial charge in [-0.2, -0.15) is 0 Å². The summed E-state index contributed by atoms with van der Waals surface area (Å²) < 4.78 is 26.8. The SMILES string of the molecule is CN1c2ccc(Cl)cc2-c2nc(SCC(=O)NC3CCCCC3)ncc2S1(=O)=O. The van der Waals surface area contributed by atoms with Crippen LogP contribution in [0.25, 0.3) is 11.3 Å². The lowest BCUT2D eigenvalue weighted by molar-refractivity contribution is -0.119. The van der Waals surface area contributed by atoms with Crippen LogP contribution in [0.15, 0.2) is 34.4 Å². The van der Waals surface area contributed by atoms with Crippen molar-refractivity contribution in [2.45, 2.75) is 48.2 Å². The third kappa shape index (κ3) is 4.08. The molecule has 154 valence electrons. The highest BCUT2D eigenvalue weighted by Gasteiger charge is 2.34. The summed E-state index contributed by atoms with van der Waals surface area (Å²) in [6.07, 6.45) is 6.88. The minimum absolute atomic E-state index is 0.0331. The Morgan fingerprint density at radius 3 is 2.83 bits per heavy atom. The van der Waals surface area contributed by atoms with Crippen LogP contribution in [0.3, 0.4) is 0 Å². The van der Waals surface area contributed by atoms with Crippen LogP contribution in [0.2, 0.25) is 5.02 Å². The molecule has 0 atom stereocenters. The van der Waals surface area contributed by atoms with Gasteiger partial charge in [0.1, 0.15) is 4.90 Å². The summed E-state index contributed by atoms with van der Waals surface area (Å²) in [7, 11) is -2.25. The first-order chi connectivity index (χ1) is 13.9. The van der Waals surface area contributed by atoms with E-state index in [1.54, 1.807) is 18.2 Å². The molecule has 1 fully saturated rings. The fraction of sp³-hybridized carbons (Fsp3) is 0.421. The van der Waals surface area contributed by atoms with Gasteiger partial charge in [0.25, 0.3) is 10.0 Å². The Bertz CT molecular complexity index is 1060. The van der Waals surface area contributed by atoms with Crippen LogP contribution in [0.5, 0.6) is 0 Å². The second-order valence-electron chi connectivity index (χ2n) is 7.19. The molecule has 1 saturated carbocycles. The van der Waals surface area contributed by atoms with Crippen LogP contribution >= 0.6 is 23.4 Å². The van der Waals surface area contributed by atoms with E-state index in [4.69, 9.17) is 11.6 Å². The van der Waals surface area contributed by atoms with Gasteiger partial charge < -0.3 is 5.32 Å². The smallest absolute Gasteiger partial charge is 0.267 e. The number of nitrogens with one attached hydrogen (secondary N) is 1. The van der Waals surface area contributed by atoms with Crippen LogP contribution in [0, 0.1) is 0 Å². The molecule has 1 N–H and O–H groups in total. The largest absolute Gasteiger partial charge is 0.353 e. The van der Waals surface area contributed by atoms with Crippen molar-refractivity contribution in [3.8, 4) is 11.3 Å². The maximum absolute atomic E-state index is 12.8. The van der Waals surface area contributed by atoms with Crippen molar-refractivity contribution in [3.63, 3.8) is 0 Å². The normalized spacial score (nSPS) is 18.1. The molecule has 0 bridgehead atoms. The maximum Gasteiger partial charge on any atom is 0.267 e. The van der Waals surface area contributed by atoms with Gasteiger partial charge in [0, 0.05) is 23.7 Å². The van der Waals surface area contributed by atoms with Crippen molar-refractivity contribution in [1.82, 2.24) is 15.3 Å². The Hall–Kier alpha value is -1.84. The quantitative estimate of drug-likeness (QED) is 0.564. The van der Waals surface area contributed by atoms with E-state index in [-0.39, 0.29) is 22.6 Å². The van der Waals surface area contributed by atoms with Gasteiger partial charge >= 0.3 is 0 Å². The molecule has 1 aromatic carbocycles. The second-order valence-corrected chi connectivity index (χ2v) is 10.5. The van der Waals surface area contributed by atoms with Gasteiger partial charge in [-0.25, -0.2) is 18.4 Å². The Morgan fingerprint density at radius 1 is 1.31 bits per heavy atom. The molecule has 10 heteroatoms. The van der Waals surface area contributed by atoms with Crippen molar-refractivity contribution in [1.29, 1.82) is 0 Å². The predicted octanol–water partition coefficient (Wildman–Crippen LogP) is 3.48. The summed E-state index contributed by atoms with van der Waals surface area (Å²) in [6.45, 7) is 0. The van der Waals surface area contributed by atoms with Crippen LogP contribution in [0.1, 0.15) is 32.1 Å². The number of hydrogen-bond acceptors (Lipinski definition) is 6. The number of halogens is 1. The number of fused-ring (bicyclic) bond motifs is 3. The zero-order valence-electron chi connectivity index (χ0n) is 15.9. The van der Waals surface area contributed by atoms with Crippen LogP contribution < -0.4 is 9.62 Å². The number of hydrogen-bond donors (Lipinski definition) is 1. The van der Waals surface area contributed by atoms with Gasteiger partial charge in [-0.15, -0.1) is 0 Å². The maximum atomic E-state index is 12.8. The molecule has 2 aromatic rings. The first-order valence-corrected chi connectivity index (χ1v) is 12.2. The van der Waals surface area contributed by atoms with Crippen LogP contribution in [-0.2, 0) is 14.8 Å². The minimum atomic E-state index is -3.74. The van der Waals surface area contributed by atoms with Crippen molar-refractivity contribution in [2.24, 2.45) is 0 Å². The summed E-state index contributed by atoms with van der Waals surface area (Å²) in [5.41, 5.74) is 1.44. The summed E-state index contributed by atoms with van der Waals surface area (Å²) in [6, 6.07) is 5.24. The zero-order chi connectivity index (χ0) is 20.6. The van der Waals surface area contributed by atoms with Gasteiger partial charge in [-0.05, 0) is 31.0 Å². The fourth-order valence-electron chi connectivity index (χ4n) is 3.70. The summed E-state index contributed by atoms with van der Waals surface area (Å²) >= 11 is 7.32. The fourth-order valence-corrected chi connectivity index (χ4v) is 5.80. The minimum Gasteiger partial charge on any atom is -0.353 e. The number of sulfonamides is 1. The highest BCUT2D eigenvalue weighted by molar-refractivity contribution is 7.99. The number of nitrogens with zero attached hydrogens (tertiary/aromatic N) is 3. The van der Waals surface area contributed by atoms with Gasteiger partial charge in [0.05, 0.1) is 23.3 Å². The summed E-state index contributed by atoms with van der Waals surface area (Å²) in [5.74, 6) is 0.128. The average molecular weight is 453 g/mol. The summed E-state index contributed by atoms with van der Waals surface area (Å²) in [5, 5.41) is 3.90. The van der Waals surface area contributed by atoms with Crippen LogP contribution in [-0.4, -0.2) is 43.1 Å². The molecule has 0 spiro atoms. The average Bonchev–Trinajstić information content (AvgIpc) is 2.71. The molecule has 1 aliphatic heterocycles. The monoisotopic (exact) mass is 452 g/mol. The first kappa shape index (κ1) is 20.4. The lowest BCUT2D eigenvalue weighted by Crippen LogP contribution is -2.37. The van der Waals surface area contributed by atoms with E-state index < -0.39 is 10.0 Å². The molecule has 0 saturated heterocycles. The molecule has 1 aromatic heterocycles. The molecule has 1 amide bonds. The molecule has 4 rings (SSSR count). The van der Waals surface area contributed by atoms with Crippen LogP contribution in [0.4, 0.5) is 5.69 Å². The number of anilines is 1. The first-order valence-electron chi connectivity index (χ1n) is 9.44. The molecular weight excluding hydrogens is 432 g/mol. The molecule has 29 heavy (non-hydrogen) atoms. The summed E-state index contributed by atoms with van der Waals surface area (Å²) in [4.78, 5) is 20.9. The Morgan fingerprint density at radius 2 is 2.07 bits per heavy atom. The number of rotatable bonds is 4. The molecule has 7 nitrogen and oxygen atoms in total. The van der Waals surface area contributed by atoms with E-state index in [9.17, 15) is 13.2 Å². The van der Waals surface area contributed by atoms with Gasteiger partial charge in [-0.3, -0.25) is 9.10 Å². The number of amides is 1. The number of aromatic nitrogens is 2. The van der Waals surface area contributed by atoms with Gasteiger partial charge in [0.15, 0.2) is 5.16 Å². The molecule has 0 radical (unpaired) electrons.